The van der Waals surface area contributed by atoms with Crippen LogP contribution in [0.4, 0.5) is 0 Å². The number of carbonyl (C=O) groups is 1. The maximum absolute atomic E-state index is 12.0. The molecule has 0 radical (unpaired) electrons. The summed E-state index contributed by atoms with van der Waals surface area (Å²) in [4.78, 5) is 11.8. The summed E-state index contributed by atoms with van der Waals surface area (Å²) < 4.78 is 22.5. The van der Waals surface area contributed by atoms with Gasteiger partial charge in [-0.25, -0.2) is 13.6 Å². The van der Waals surface area contributed by atoms with Gasteiger partial charge in [-0.2, -0.15) is 0 Å². The van der Waals surface area contributed by atoms with Crippen LogP contribution in [0.1, 0.15) is 23.7 Å². The lowest BCUT2D eigenvalue weighted by molar-refractivity contribution is 0.0951. The van der Waals surface area contributed by atoms with E-state index < -0.39 is 10.0 Å². The predicted molar refractivity (Wildman–Crippen MR) is 72.4 cm³/mol. The van der Waals surface area contributed by atoms with Crippen molar-refractivity contribution in [3.63, 3.8) is 0 Å². The van der Waals surface area contributed by atoms with E-state index in [1.807, 2.05) is 0 Å². The molecule has 19 heavy (non-hydrogen) atoms. The summed E-state index contributed by atoms with van der Waals surface area (Å²) in [6.07, 6.45) is 1.10. The largest absolute Gasteiger partial charge is 0.352 e. The van der Waals surface area contributed by atoms with Crippen LogP contribution in [0.3, 0.4) is 0 Å². The summed E-state index contributed by atoms with van der Waals surface area (Å²) in [5.41, 5.74) is 0.126. The third kappa shape index (κ3) is 3.46. The van der Waals surface area contributed by atoms with E-state index in [4.69, 9.17) is 16.7 Å². The molecule has 2 atom stereocenters. The van der Waals surface area contributed by atoms with Crippen LogP contribution in [-0.4, -0.2) is 20.9 Å². The molecule has 104 valence electrons. The van der Waals surface area contributed by atoms with E-state index in [1.54, 1.807) is 0 Å². The SMILES string of the molecule is CC1CC1CNC(=O)c1cc(S(N)(=O)=O)ccc1Cl. The highest BCUT2D eigenvalue weighted by molar-refractivity contribution is 7.89. The maximum atomic E-state index is 12.0. The lowest BCUT2D eigenvalue weighted by Crippen LogP contribution is -2.26. The van der Waals surface area contributed by atoms with E-state index in [-0.39, 0.29) is 21.4 Å². The molecule has 3 N–H and O–H groups in total. The zero-order chi connectivity index (χ0) is 14.2. The third-order valence-electron chi connectivity index (χ3n) is 3.31. The number of nitrogens with two attached hydrogens (primary N) is 1. The van der Waals surface area contributed by atoms with Gasteiger partial charge in [-0.1, -0.05) is 18.5 Å². The Labute approximate surface area is 117 Å². The average molecular weight is 303 g/mol. The van der Waals surface area contributed by atoms with Gasteiger partial charge in [0.1, 0.15) is 0 Å². The standard InChI is InChI=1S/C12H15ClN2O3S/c1-7-4-8(7)6-15-12(16)10-5-9(19(14,17)18)2-3-11(10)13/h2-3,5,7-8H,4,6H2,1H3,(H,15,16)(H2,14,17,18). The summed E-state index contributed by atoms with van der Waals surface area (Å²) in [5, 5.41) is 7.98. The Bertz CT molecular complexity index is 615. The normalized spacial score (nSPS) is 22.1. The highest BCUT2D eigenvalue weighted by Gasteiger charge is 2.32. The fraction of sp³-hybridized carbons (Fsp3) is 0.417. The Balaban J connectivity index is 2.16. The zero-order valence-corrected chi connectivity index (χ0v) is 12.0. The Morgan fingerprint density at radius 2 is 2.16 bits per heavy atom. The van der Waals surface area contributed by atoms with Crippen molar-refractivity contribution in [1.29, 1.82) is 0 Å². The first-order valence-corrected chi connectivity index (χ1v) is 7.82. The van der Waals surface area contributed by atoms with Crippen LogP contribution < -0.4 is 10.5 Å². The van der Waals surface area contributed by atoms with E-state index >= 15 is 0 Å². The Morgan fingerprint density at radius 1 is 1.53 bits per heavy atom. The highest BCUT2D eigenvalue weighted by atomic mass is 35.5. The molecule has 1 saturated carbocycles. The van der Waals surface area contributed by atoms with Crippen molar-refractivity contribution in [2.24, 2.45) is 17.0 Å². The van der Waals surface area contributed by atoms with Crippen LogP contribution in [0.25, 0.3) is 0 Å². The minimum atomic E-state index is -3.84. The van der Waals surface area contributed by atoms with Crippen LogP contribution in [0.5, 0.6) is 0 Å². The van der Waals surface area contributed by atoms with Crippen molar-refractivity contribution < 1.29 is 13.2 Å². The molecular formula is C12H15ClN2O3S. The summed E-state index contributed by atoms with van der Waals surface area (Å²) in [6, 6.07) is 3.83. The molecule has 0 saturated heterocycles. The van der Waals surface area contributed by atoms with E-state index in [0.29, 0.717) is 18.4 Å². The molecule has 0 bridgehead atoms. The van der Waals surface area contributed by atoms with Gasteiger partial charge < -0.3 is 5.32 Å². The summed E-state index contributed by atoms with van der Waals surface area (Å²) in [5.74, 6) is 0.755. The fourth-order valence-electron chi connectivity index (χ4n) is 1.86. The topological polar surface area (TPSA) is 89.3 Å². The molecule has 2 unspecified atom stereocenters. The van der Waals surface area contributed by atoms with E-state index in [9.17, 15) is 13.2 Å². The molecule has 0 spiro atoms. The van der Waals surface area contributed by atoms with Crippen molar-refractivity contribution in [3.8, 4) is 0 Å². The number of sulfonamides is 1. The number of nitrogens with one attached hydrogen (secondary N) is 1. The van der Waals surface area contributed by atoms with Gasteiger partial charge in [-0.15, -0.1) is 0 Å². The van der Waals surface area contributed by atoms with Crippen LogP contribution >= 0.6 is 11.6 Å². The molecule has 2 rings (SSSR count). The number of hydrogen-bond acceptors (Lipinski definition) is 3. The second-order valence-electron chi connectivity index (χ2n) is 4.87. The maximum Gasteiger partial charge on any atom is 0.252 e. The number of rotatable bonds is 4. The van der Waals surface area contributed by atoms with Gasteiger partial charge in [-0.3, -0.25) is 4.79 Å². The highest BCUT2D eigenvalue weighted by Crippen LogP contribution is 2.36. The Morgan fingerprint density at radius 3 is 2.68 bits per heavy atom. The van der Waals surface area contributed by atoms with Crippen molar-refractivity contribution >= 4 is 27.5 Å². The second-order valence-corrected chi connectivity index (χ2v) is 6.84. The summed E-state index contributed by atoms with van der Waals surface area (Å²) >= 11 is 5.90. The van der Waals surface area contributed by atoms with Gasteiger partial charge in [0.05, 0.1) is 15.5 Å². The molecule has 1 aromatic carbocycles. The first-order valence-electron chi connectivity index (χ1n) is 5.89. The van der Waals surface area contributed by atoms with Crippen molar-refractivity contribution in [3.05, 3.63) is 28.8 Å². The molecule has 1 aromatic rings. The minimum Gasteiger partial charge on any atom is -0.352 e. The van der Waals surface area contributed by atoms with Crippen LogP contribution in [-0.2, 0) is 10.0 Å². The first kappa shape index (κ1) is 14.3. The van der Waals surface area contributed by atoms with Crippen molar-refractivity contribution in [2.75, 3.05) is 6.54 Å². The monoisotopic (exact) mass is 302 g/mol. The van der Waals surface area contributed by atoms with Gasteiger partial charge in [0.2, 0.25) is 10.0 Å². The Hall–Kier alpha value is -1.11. The number of carbonyl (C=O) groups excluding carboxylic acids is 1. The molecule has 5 nitrogen and oxygen atoms in total. The molecule has 1 fully saturated rings. The van der Waals surface area contributed by atoms with Crippen molar-refractivity contribution in [2.45, 2.75) is 18.2 Å². The van der Waals surface area contributed by atoms with E-state index in [2.05, 4.69) is 12.2 Å². The average Bonchev–Trinajstić information content (AvgIpc) is 3.01. The minimum absolute atomic E-state index is 0.123. The number of halogens is 1. The number of hydrogen-bond donors (Lipinski definition) is 2. The van der Waals surface area contributed by atoms with Crippen molar-refractivity contribution in [1.82, 2.24) is 5.32 Å². The van der Waals surface area contributed by atoms with Crippen LogP contribution in [0, 0.1) is 11.8 Å². The van der Waals surface area contributed by atoms with E-state index in [0.717, 1.165) is 6.42 Å². The van der Waals surface area contributed by atoms with E-state index in [1.165, 1.54) is 18.2 Å². The molecular weight excluding hydrogens is 288 g/mol. The second kappa shape index (κ2) is 5.11. The first-order chi connectivity index (χ1) is 8.79. The summed E-state index contributed by atoms with van der Waals surface area (Å²) in [7, 11) is -3.84. The quantitative estimate of drug-likeness (QED) is 0.880. The summed E-state index contributed by atoms with van der Waals surface area (Å²) in [6.45, 7) is 2.70. The number of benzene rings is 1. The molecule has 1 aliphatic rings. The molecule has 1 aliphatic carbocycles. The van der Waals surface area contributed by atoms with Gasteiger partial charge in [-0.05, 0) is 36.5 Å². The third-order valence-corrected chi connectivity index (χ3v) is 4.55. The molecule has 0 heterocycles. The molecule has 7 heteroatoms. The van der Waals surface area contributed by atoms with Gasteiger partial charge in [0.25, 0.3) is 5.91 Å². The smallest absolute Gasteiger partial charge is 0.252 e. The van der Waals surface area contributed by atoms with Crippen LogP contribution in [0.15, 0.2) is 23.1 Å². The lowest BCUT2D eigenvalue weighted by Gasteiger charge is -2.07. The molecule has 0 aromatic heterocycles. The molecule has 1 amide bonds. The number of amides is 1. The van der Waals surface area contributed by atoms with Gasteiger partial charge >= 0.3 is 0 Å². The zero-order valence-electron chi connectivity index (χ0n) is 10.4. The predicted octanol–water partition coefficient (Wildman–Crippen LogP) is 1.37. The number of primary sulfonamides is 1. The molecule has 0 aliphatic heterocycles. The van der Waals surface area contributed by atoms with Gasteiger partial charge in [0, 0.05) is 6.54 Å². The van der Waals surface area contributed by atoms with Gasteiger partial charge in [0.15, 0.2) is 0 Å². The lowest BCUT2D eigenvalue weighted by atomic mass is 10.2. The fourth-order valence-corrected chi connectivity index (χ4v) is 2.60. The van der Waals surface area contributed by atoms with Crippen LogP contribution in [0.2, 0.25) is 5.02 Å². The Kier molecular flexibility index (Phi) is 3.85.